The molecule has 0 saturated carbocycles. The molecule has 1 N–H and O–H groups in total. The summed E-state index contributed by atoms with van der Waals surface area (Å²) in [4.78, 5) is 15.3. The lowest BCUT2D eigenvalue weighted by molar-refractivity contribution is -0.136. The number of carbonyl (C=O) groups is 1. The molecule has 28 heavy (non-hydrogen) atoms. The second-order valence-corrected chi connectivity index (χ2v) is 7.86. The minimum absolute atomic E-state index is 0.0240. The van der Waals surface area contributed by atoms with Gasteiger partial charge in [-0.15, -0.1) is 0 Å². The van der Waals surface area contributed by atoms with E-state index in [0.29, 0.717) is 23.1 Å². The molecule has 1 saturated heterocycles. The number of rotatable bonds is 7. The number of carbonyl (C=O) groups excluding carboxylic acids is 1. The maximum absolute atomic E-state index is 13.1. The molecule has 1 fully saturated rings. The topological polar surface area (TPSA) is 50.8 Å². The molecule has 5 nitrogen and oxygen atoms in total. The van der Waals surface area contributed by atoms with Crippen LogP contribution in [0.4, 0.5) is 5.69 Å². The molecule has 1 atom stereocenters. The first-order valence-electron chi connectivity index (χ1n) is 9.74. The van der Waals surface area contributed by atoms with Gasteiger partial charge in [-0.3, -0.25) is 9.69 Å². The number of amides is 1. The fourth-order valence-corrected chi connectivity index (χ4v) is 3.51. The number of methoxy groups -OCH3 is 2. The maximum atomic E-state index is 13.1. The standard InChI is InChI=1S/C23H30N2O3/c1-16(2)18-8-6-17(7-9-18)15-25-13-12-23(25,3)22(26)24-20-14-19(27-4)10-11-21(20)28-5/h6-11,14,16H,12-13,15H2,1-5H3,(H,24,26). The van der Waals surface area contributed by atoms with E-state index < -0.39 is 5.54 Å². The Morgan fingerprint density at radius 3 is 2.39 bits per heavy atom. The summed E-state index contributed by atoms with van der Waals surface area (Å²) in [5, 5.41) is 3.03. The molecule has 1 unspecified atom stereocenters. The summed E-state index contributed by atoms with van der Waals surface area (Å²) in [6, 6.07) is 14.1. The lowest BCUT2D eigenvalue weighted by atomic mass is 9.85. The van der Waals surface area contributed by atoms with Crippen LogP contribution in [0.2, 0.25) is 0 Å². The number of nitrogens with zero attached hydrogens (tertiary/aromatic N) is 1. The molecule has 3 rings (SSSR count). The van der Waals surface area contributed by atoms with Crippen molar-refractivity contribution in [3.05, 3.63) is 53.6 Å². The Balaban J connectivity index is 1.71. The molecule has 2 aromatic carbocycles. The average Bonchev–Trinajstić information content (AvgIpc) is 2.70. The van der Waals surface area contributed by atoms with Gasteiger partial charge in [0.25, 0.3) is 0 Å². The third-order valence-electron chi connectivity index (χ3n) is 5.73. The minimum Gasteiger partial charge on any atom is -0.497 e. The van der Waals surface area contributed by atoms with Crippen LogP contribution in [0.15, 0.2) is 42.5 Å². The van der Waals surface area contributed by atoms with Crippen LogP contribution < -0.4 is 14.8 Å². The largest absolute Gasteiger partial charge is 0.497 e. The zero-order chi connectivity index (χ0) is 20.3. The van der Waals surface area contributed by atoms with Crippen molar-refractivity contribution in [3.8, 4) is 11.5 Å². The molecule has 1 aliphatic heterocycles. The molecule has 0 radical (unpaired) electrons. The van der Waals surface area contributed by atoms with Gasteiger partial charge < -0.3 is 14.8 Å². The molecule has 0 bridgehead atoms. The quantitative estimate of drug-likeness (QED) is 0.770. The third kappa shape index (κ3) is 3.99. The Labute approximate surface area is 167 Å². The molecule has 2 aromatic rings. The summed E-state index contributed by atoms with van der Waals surface area (Å²) in [5.74, 6) is 1.79. The number of ether oxygens (including phenoxy) is 2. The molecular weight excluding hydrogens is 352 g/mol. The Morgan fingerprint density at radius 2 is 1.86 bits per heavy atom. The van der Waals surface area contributed by atoms with E-state index in [4.69, 9.17) is 9.47 Å². The average molecular weight is 383 g/mol. The first-order valence-corrected chi connectivity index (χ1v) is 9.74. The summed E-state index contributed by atoms with van der Waals surface area (Å²) in [5.41, 5.74) is 2.64. The van der Waals surface area contributed by atoms with Gasteiger partial charge in [0.15, 0.2) is 0 Å². The molecular formula is C23H30N2O3. The Kier molecular flexibility index (Phi) is 5.94. The second-order valence-electron chi connectivity index (χ2n) is 7.86. The van der Waals surface area contributed by atoms with E-state index in [-0.39, 0.29) is 5.91 Å². The lowest BCUT2D eigenvalue weighted by Crippen LogP contribution is -2.63. The Hall–Kier alpha value is -2.53. The number of likely N-dealkylation sites (tertiary alicyclic amines) is 1. The van der Waals surface area contributed by atoms with Crippen LogP contribution in [0.25, 0.3) is 0 Å². The van der Waals surface area contributed by atoms with Crippen LogP contribution in [0.3, 0.4) is 0 Å². The number of nitrogens with one attached hydrogen (secondary N) is 1. The normalized spacial score (nSPS) is 19.2. The van der Waals surface area contributed by atoms with Crippen LogP contribution in [0, 0.1) is 0 Å². The zero-order valence-electron chi connectivity index (χ0n) is 17.4. The van der Waals surface area contributed by atoms with E-state index in [1.807, 2.05) is 13.0 Å². The van der Waals surface area contributed by atoms with Crippen molar-refractivity contribution in [2.75, 3.05) is 26.1 Å². The molecule has 0 spiro atoms. The van der Waals surface area contributed by atoms with Gasteiger partial charge in [0.05, 0.1) is 25.4 Å². The van der Waals surface area contributed by atoms with Crippen molar-refractivity contribution in [2.45, 2.75) is 45.2 Å². The third-order valence-corrected chi connectivity index (χ3v) is 5.73. The van der Waals surface area contributed by atoms with Gasteiger partial charge in [0, 0.05) is 19.2 Å². The van der Waals surface area contributed by atoms with Gasteiger partial charge in [-0.05, 0) is 42.5 Å². The van der Waals surface area contributed by atoms with Gasteiger partial charge in [0.1, 0.15) is 11.5 Å². The summed E-state index contributed by atoms with van der Waals surface area (Å²) in [6.45, 7) is 8.06. The molecule has 1 amide bonds. The smallest absolute Gasteiger partial charge is 0.244 e. The first-order chi connectivity index (χ1) is 13.4. The lowest BCUT2D eigenvalue weighted by Gasteiger charge is -2.49. The fraction of sp³-hybridized carbons (Fsp3) is 0.435. The summed E-state index contributed by atoms with van der Waals surface area (Å²) in [7, 11) is 3.20. The number of anilines is 1. The van der Waals surface area contributed by atoms with Crippen molar-refractivity contribution >= 4 is 11.6 Å². The zero-order valence-corrected chi connectivity index (χ0v) is 17.4. The highest BCUT2D eigenvalue weighted by Gasteiger charge is 2.46. The molecule has 0 aliphatic carbocycles. The second kappa shape index (κ2) is 8.23. The van der Waals surface area contributed by atoms with E-state index in [2.05, 4.69) is 48.3 Å². The van der Waals surface area contributed by atoms with Crippen molar-refractivity contribution in [1.29, 1.82) is 0 Å². The van der Waals surface area contributed by atoms with E-state index in [1.54, 1.807) is 26.4 Å². The van der Waals surface area contributed by atoms with Gasteiger partial charge in [-0.1, -0.05) is 38.1 Å². The van der Waals surface area contributed by atoms with Crippen LogP contribution in [-0.4, -0.2) is 37.1 Å². The predicted molar refractivity (Wildman–Crippen MR) is 112 cm³/mol. The predicted octanol–water partition coefficient (Wildman–Crippen LogP) is 4.43. The highest BCUT2D eigenvalue weighted by Crippen LogP contribution is 2.35. The van der Waals surface area contributed by atoms with Gasteiger partial charge >= 0.3 is 0 Å². The Bertz CT molecular complexity index is 832. The van der Waals surface area contributed by atoms with Crippen molar-refractivity contribution in [1.82, 2.24) is 4.90 Å². The van der Waals surface area contributed by atoms with Gasteiger partial charge in [-0.25, -0.2) is 0 Å². The molecule has 1 aliphatic rings. The SMILES string of the molecule is COc1ccc(OC)c(NC(=O)C2(C)CCN2Cc2ccc(C(C)C)cc2)c1. The first kappa shape index (κ1) is 20.2. The molecule has 1 heterocycles. The molecule has 0 aromatic heterocycles. The number of hydrogen-bond donors (Lipinski definition) is 1. The monoisotopic (exact) mass is 382 g/mol. The molecule has 150 valence electrons. The van der Waals surface area contributed by atoms with Crippen molar-refractivity contribution in [3.63, 3.8) is 0 Å². The van der Waals surface area contributed by atoms with Gasteiger partial charge in [-0.2, -0.15) is 0 Å². The van der Waals surface area contributed by atoms with Crippen LogP contribution >= 0.6 is 0 Å². The number of benzene rings is 2. The maximum Gasteiger partial charge on any atom is 0.244 e. The van der Waals surface area contributed by atoms with Crippen LogP contribution in [0.1, 0.15) is 44.2 Å². The minimum atomic E-state index is -0.537. The summed E-state index contributed by atoms with van der Waals surface area (Å²) in [6.07, 6.45) is 0.829. The Morgan fingerprint density at radius 1 is 1.14 bits per heavy atom. The van der Waals surface area contributed by atoms with Gasteiger partial charge in [0.2, 0.25) is 5.91 Å². The van der Waals surface area contributed by atoms with E-state index in [0.717, 1.165) is 19.5 Å². The fourth-order valence-electron chi connectivity index (χ4n) is 3.51. The van der Waals surface area contributed by atoms with E-state index >= 15 is 0 Å². The summed E-state index contributed by atoms with van der Waals surface area (Å²) < 4.78 is 10.7. The highest BCUT2D eigenvalue weighted by atomic mass is 16.5. The number of hydrogen-bond acceptors (Lipinski definition) is 4. The summed E-state index contributed by atoms with van der Waals surface area (Å²) >= 11 is 0. The van der Waals surface area contributed by atoms with Crippen LogP contribution in [-0.2, 0) is 11.3 Å². The molecule has 5 heteroatoms. The highest BCUT2D eigenvalue weighted by molar-refractivity contribution is 5.99. The van der Waals surface area contributed by atoms with Crippen molar-refractivity contribution in [2.24, 2.45) is 0 Å². The van der Waals surface area contributed by atoms with E-state index in [1.165, 1.54) is 11.1 Å². The van der Waals surface area contributed by atoms with Crippen molar-refractivity contribution < 1.29 is 14.3 Å². The van der Waals surface area contributed by atoms with E-state index in [9.17, 15) is 4.79 Å². The van der Waals surface area contributed by atoms with Crippen LogP contribution in [0.5, 0.6) is 11.5 Å².